The maximum Gasteiger partial charge on any atom is 0.164 e. The monoisotopic (exact) mass is 268 g/mol. The van der Waals surface area contributed by atoms with Gasteiger partial charge in [0, 0.05) is 4.43 Å². The molecule has 1 aliphatic heterocycles. The molecule has 1 saturated heterocycles. The van der Waals surface area contributed by atoms with Crippen molar-refractivity contribution in [3.05, 3.63) is 12.7 Å². The van der Waals surface area contributed by atoms with Crippen molar-refractivity contribution in [1.82, 2.24) is 0 Å². The minimum absolute atomic E-state index is 0.0573. The van der Waals surface area contributed by atoms with Gasteiger partial charge in [-0.3, -0.25) is 0 Å². The Labute approximate surface area is 81.1 Å². The lowest BCUT2D eigenvalue weighted by Gasteiger charge is -2.15. The third-order valence-corrected chi connectivity index (χ3v) is 2.47. The van der Waals surface area contributed by atoms with Crippen molar-refractivity contribution in [2.45, 2.75) is 31.8 Å². The molecule has 0 spiro atoms. The Morgan fingerprint density at radius 3 is 2.55 bits per heavy atom. The summed E-state index contributed by atoms with van der Waals surface area (Å²) in [6, 6.07) is 0. The van der Waals surface area contributed by atoms with E-state index in [9.17, 15) is 0 Å². The number of alkyl halides is 1. The molecule has 2 nitrogen and oxygen atoms in total. The summed E-state index contributed by atoms with van der Waals surface area (Å²) in [7, 11) is 0. The fourth-order valence-corrected chi connectivity index (χ4v) is 1.86. The van der Waals surface area contributed by atoms with Gasteiger partial charge in [0.15, 0.2) is 5.79 Å². The van der Waals surface area contributed by atoms with Gasteiger partial charge >= 0.3 is 0 Å². The number of rotatable bonds is 2. The molecular weight excluding hydrogens is 255 g/mol. The summed E-state index contributed by atoms with van der Waals surface area (Å²) in [6.45, 7) is 7.55. The van der Waals surface area contributed by atoms with Crippen LogP contribution in [0.1, 0.15) is 13.8 Å². The standard InChI is InChI=1S/C8H13IO2/c1-4-6-7(5-9)11-8(2,3)10-6/h4,6-7H,1,5H2,2-3H3/t6-,7-/m1/s1. The quantitative estimate of drug-likeness (QED) is 0.434. The van der Waals surface area contributed by atoms with E-state index in [1.54, 1.807) is 6.08 Å². The zero-order valence-corrected chi connectivity index (χ0v) is 9.00. The van der Waals surface area contributed by atoms with Crippen LogP contribution in [0.5, 0.6) is 0 Å². The predicted octanol–water partition coefficient (Wildman–Crippen LogP) is 2.13. The number of hydrogen-bond donors (Lipinski definition) is 0. The Bertz CT molecular complexity index is 156. The Hall–Kier alpha value is 0.390. The Balaban J connectivity index is 2.62. The molecule has 0 aromatic heterocycles. The predicted molar refractivity (Wildman–Crippen MR) is 52.9 cm³/mol. The SMILES string of the molecule is C=C[C@H]1OC(C)(C)O[C@@H]1CI. The molecule has 0 amide bonds. The summed E-state index contributed by atoms with van der Waals surface area (Å²) >= 11 is 2.29. The van der Waals surface area contributed by atoms with Crippen LogP contribution < -0.4 is 0 Å². The highest BCUT2D eigenvalue weighted by Gasteiger charge is 2.38. The molecule has 1 fully saturated rings. The van der Waals surface area contributed by atoms with E-state index in [0.717, 1.165) is 4.43 Å². The molecule has 11 heavy (non-hydrogen) atoms. The molecule has 0 unspecified atom stereocenters. The summed E-state index contributed by atoms with van der Waals surface area (Å²) in [5, 5.41) is 0. The van der Waals surface area contributed by atoms with Crippen molar-refractivity contribution >= 4 is 22.6 Å². The summed E-state index contributed by atoms with van der Waals surface area (Å²) in [6.07, 6.45) is 2.03. The van der Waals surface area contributed by atoms with E-state index in [1.165, 1.54) is 0 Å². The van der Waals surface area contributed by atoms with Crippen molar-refractivity contribution in [1.29, 1.82) is 0 Å². The lowest BCUT2D eigenvalue weighted by atomic mass is 10.2. The minimum atomic E-state index is -0.436. The van der Waals surface area contributed by atoms with Crippen molar-refractivity contribution in [3.63, 3.8) is 0 Å². The molecular formula is C8H13IO2. The molecule has 2 atom stereocenters. The molecule has 0 saturated carbocycles. The van der Waals surface area contributed by atoms with Crippen LogP contribution in [-0.4, -0.2) is 22.4 Å². The van der Waals surface area contributed by atoms with Crippen molar-refractivity contribution in [2.24, 2.45) is 0 Å². The van der Waals surface area contributed by atoms with Crippen LogP contribution >= 0.6 is 22.6 Å². The highest BCUT2D eigenvalue weighted by Crippen LogP contribution is 2.29. The van der Waals surface area contributed by atoms with Gasteiger partial charge < -0.3 is 9.47 Å². The average Bonchev–Trinajstić information content (AvgIpc) is 2.25. The lowest BCUT2D eigenvalue weighted by molar-refractivity contribution is -0.140. The van der Waals surface area contributed by atoms with Gasteiger partial charge in [0.1, 0.15) is 6.10 Å². The van der Waals surface area contributed by atoms with E-state index < -0.39 is 5.79 Å². The average molecular weight is 268 g/mol. The maximum absolute atomic E-state index is 5.60. The van der Waals surface area contributed by atoms with Gasteiger partial charge in [-0.1, -0.05) is 28.7 Å². The van der Waals surface area contributed by atoms with E-state index in [2.05, 4.69) is 29.2 Å². The molecule has 0 bridgehead atoms. The minimum Gasteiger partial charge on any atom is -0.343 e. The third kappa shape index (κ3) is 2.16. The van der Waals surface area contributed by atoms with Gasteiger partial charge in [-0.15, -0.1) is 6.58 Å². The molecule has 0 aliphatic carbocycles. The summed E-state index contributed by atoms with van der Waals surface area (Å²) in [4.78, 5) is 0. The third-order valence-electron chi connectivity index (χ3n) is 1.61. The molecule has 1 rings (SSSR count). The first-order valence-corrected chi connectivity index (χ1v) is 5.16. The van der Waals surface area contributed by atoms with E-state index in [1.807, 2.05) is 13.8 Å². The second-order valence-corrected chi connectivity index (χ2v) is 3.91. The zero-order valence-electron chi connectivity index (χ0n) is 6.84. The molecule has 0 N–H and O–H groups in total. The van der Waals surface area contributed by atoms with E-state index in [0.29, 0.717) is 0 Å². The summed E-state index contributed by atoms with van der Waals surface area (Å²) in [5.74, 6) is -0.436. The van der Waals surface area contributed by atoms with E-state index >= 15 is 0 Å². The zero-order chi connectivity index (χ0) is 8.48. The first-order valence-electron chi connectivity index (χ1n) is 3.63. The second-order valence-electron chi connectivity index (χ2n) is 3.03. The van der Waals surface area contributed by atoms with Gasteiger partial charge in [0.2, 0.25) is 0 Å². The van der Waals surface area contributed by atoms with E-state index in [-0.39, 0.29) is 12.2 Å². The van der Waals surface area contributed by atoms with Crippen LogP contribution in [0.25, 0.3) is 0 Å². The fourth-order valence-electron chi connectivity index (χ4n) is 1.18. The molecule has 0 aromatic rings. The number of halogens is 1. The summed E-state index contributed by atoms with van der Waals surface area (Å²) < 4.78 is 12.1. The Morgan fingerprint density at radius 2 is 2.18 bits per heavy atom. The van der Waals surface area contributed by atoms with Crippen LogP contribution in [0.3, 0.4) is 0 Å². The smallest absolute Gasteiger partial charge is 0.164 e. The van der Waals surface area contributed by atoms with Crippen molar-refractivity contribution in [3.8, 4) is 0 Å². The first-order chi connectivity index (χ1) is 5.09. The molecule has 0 radical (unpaired) electrons. The molecule has 1 aliphatic rings. The van der Waals surface area contributed by atoms with Crippen molar-refractivity contribution < 1.29 is 9.47 Å². The van der Waals surface area contributed by atoms with Gasteiger partial charge in [-0.05, 0) is 13.8 Å². The maximum atomic E-state index is 5.60. The van der Waals surface area contributed by atoms with Crippen LogP contribution in [-0.2, 0) is 9.47 Å². The van der Waals surface area contributed by atoms with Crippen LogP contribution in [0.4, 0.5) is 0 Å². The van der Waals surface area contributed by atoms with E-state index in [4.69, 9.17) is 9.47 Å². The largest absolute Gasteiger partial charge is 0.343 e. The number of ether oxygens (including phenoxy) is 2. The topological polar surface area (TPSA) is 18.5 Å². The fraction of sp³-hybridized carbons (Fsp3) is 0.750. The highest BCUT2D eigenvalue weighted by molar-refractivity contribution is 14.1. The van der Waals surface area contributed by atoms with Gasteiger partial charge in [0.25, 0.3) is 0 Å². The second kappa shape index (κ2) is 3.41. The van der Waals surface area contributed by atoms with Gasteiger partial charge in [0.05, 0.1) is 6.10 Å². The first kappa shape index (κ1) is 9.48. The Kier molecular flexibility index (Phi) is 2.94. The lowest BCUT2D eigenvalue weighted by Crippen LogP contribution is -2.22. The van der Waals surface area contributed by atoms with Gasteiger partial charge in [-0.2, -0.15) is 0 Å². The van der Waals surface area contributed by atoms with Crippen LogP contribution in [0.2, 0.25) is 0 Å². The number of hydrogen-bond acceptors (Lipinski definition) is 2. The molecule has 64 valence electrons. The van der Waals surface area contributed by atoms with Crippen LogP contribution in [0.15, 0.2) is 12.7 Å². The van der Waals surface area contributed by atoms with Crippen molar-refractivity contribution in [2.75, 3.05) is 4.43 Å². The highest BCUT2D eigenvalue weighted by atomic mass is 127. The molecule has 3 heteroatoms. The normalized spacial score (nSPS) is 35.5. The summed E-state index contributed by atoms with van der Waals surface area (Å²) in [5.41, 5.74) is 0. The molecule has 0 aromatic carbocycles. The van der Waals surface area contributed by atoms with Gasteiger partial charge in [-0.25, -0.2) is 0 Å². The Morgan fingerprint density at radius 1 is 1.55 bits per heavy atom. The molecule has 1 heterocycles. The van der Waals surface area contributed by atoms with Crippen LogP contribution in [0, 0.1) is 0 Å².